The van der Waals surface area contributed by atoms with Gasteiger partial charge in [0.2, 0.25) is 0 Å². The second-order valence-electron chi connectivity index (χ2n) is 13.1. The molecule has 3 aromatic carbocycles. The molecular formula is C37H33N4OPt-. The summed E-state index contributed by atoms with van der Waals surface area (Å²) in [4.78, 5) is 15.2. The fourth-order valence-electron chi connectivity index (χ4n) is 5.92. The van der Waals surface area contributed by atoms with Crippen LogP contribution in [0.5, 0.6) is 5.75 Å². The number of aromatic hydroxyl groups is 1. The average Bonchev–Trinajstić information content (AvgIpc) is 3.30. The van der Waals surface area contributed by atoms with Crippen molar-refractivity contribution in [3.8, 4) is 23.0 Å². The molecule has 0 amide bonds. The van der Waals surface area contributed by atoms with Crippen LogP contribution in [-0.4, -0.2) is 24.6 Å². The van der Waals surface area contributed by atoms with E-state index in [9.17, 15) is 5.11 Å². The summed E-state index contributed by atoms with van der Waals surface area (Å²) in [6.45, 7) is 13.2. The van der Waals surface area contributed by atoms with E-state index in [0.29, 0.717) is 10.9 Å². The first kappa shape index (κ1) is 29.0. The maximum Gasteiger partial charge on any atom is 0.136 e. The van der Waals surface area contributed by atoms with Crippen molar-refractivity contribution in [2.75, 3.05) is 0 Å². The minimum Gasteiger partial charge on any atom is -0.507 e. The Morgan fingerprint density at radius 1 is 0.744 bits per heavy atom. The fourth-order valence-corrected chi connectivity index (χ4v) is 5.92. The predicted molar refractivity (Wildman–Crippen MR) is 173 cm³/mol. The first-order valence-electron chi connectivity index (χ1n) is 14.4. The largest absolute Gasteiger partial charge is 0.507 e. The van der Waals surface area contributed by atoms with Crippen molar-refractivity contribution in [1.82, 2.24) is 19.5 Å². The van der Waals surface area contributed by atoms with Gasteiger partial charge in [-0.25, -0.2) is 9.97 Å². The van der Waals surface area contributed by atoms with Gasteiger partial charge in [-0.15, -0.1) is 5.39 Å². The molecule has 0 aliphatic heterocycles. The first-order chi connectivity index (χ1) is 20.0. The number of benzene rings is 3. The van der Waals surface area contributed by atoms with Crippen LogP contribution in [0, 0.1) is 6.07 Å². The first-order valence-corrected chi connectivity index (χ1v) is 14.4. The second kappa shape index (κ2) is 10.3. The van der Waals surface area contributed by atoms with Crippen molar-refractivity contribution in [1.29, 1.82) is 0 Å². The molecular weight excluding hydrogens is 712 g/mol. The molecule has 1 N–H and O–H groups in total. The van der Waals surface area contributed by atoms with Gasteiger partial charge >= 0.3 is 0 Å². The van der Waals surface area contributed by atoms with Crippen LogP contribution in [0.2, 0.25) is 0 Å². The summed E-state index contributed by atoms with van der Waals surface area (Å²) < 4.78 is 2.21. The third-order valence-corrected chi connectivity index (χ3v) is 8.12. The Morgan fingerprint density at radius 3 is 2.26 bits per heavy atom. The van der Waals surface area contributed by atoms with Crippen LogP contribution in [0.3, 0.4) is 0 Å². The summed E-state index contributed by atoms with van der Waals surface area (Å²) in [5, 5.41) is 14.8. The number of hydrogen-bond donors (Lipinski definition) is 1. The minimum atomic E-state index is -0.193. The van der Waals surface area contributed by atoms with Gasteiger partial charge in [-0.2, -0.15) is 24.3 Å². The fraction of sp³-hybridized carbons (Fsp3) is 0.216. The number of nitrogens with zero attached hydrogens (tertiary/aromatic N) is 4. The molecule has 7 aromatic rings. The third kappa shape index (κ3) is 4.80. The van der Waals surface area contributed by atoms with Gasteiger partial charge in [0.1, 0.15) is 11.6 Å². The molecule has 0 aliphatic rings. The SMILES string of the molecule is CC(C)(C)c1cc(-c2cc(C(C)(C)C)c3cnc4cccc(O)c4c3n2)nc(-n2c3[c-]cccc3c3ccccc32)c1.[Pt]. The van der Waals surface area contributed by atoms with Crippen molar-refractivity contribution < 1.29 is 26.2 Å². The summed E-state index contributed by atoms with van der Waals surface area (Å²) >= 11 is 0. The second-order valence-corrected chi connectivity index (χ2v) is 13.1. The van der Waals surface area contributed by atoms with Crippen LogP contribution in [-0.2, 0) is 31.9 Å². The third-order valence-electron chi connectivity index (χ3n) is 8.12. The molecule has 7 rings (SSSR count). The Hall–Kier alpha value is -4.08. The smallest absolute Gasteiger partial charge is 0.136 e. The van der Waals surface area contributed by atoms with E-state index in [0.717, 1.165) is 55.7 Å². The topological polar surface area (TPSA) is 63.8 Å². The van der Waals surface area contributed by atoms with Gasteiger partial charge in [-0.05, 0) is 63.7 Å². The number of rotatable bonds is 2. The Morgan fingerprint density at radius 2 is 1.49 bits per heavy atom. The van der Waals surface area contributed by atoms with Gasteiger partial charge < -0.3 is 9.67 Å². The molecule has 4 heterocycles. The summed E-state index contributed by atoms with van der Waals surface area (Å²) in [7, 11) is 0. The summed E-state index contributed by atoms with van der Waals surface area (Å²) in [5.74, 6) is 1.00. The van der Waals surface area contributed by atoms with E-state index in [2.05, 4.69) is 106 Å². The Labute approximate surface area is 265 Å². The van der Waals surface area contributed by atoms with E-state index in [1.807, 2.05) is 30.5 Å². The van der Waals surface area contributed by atoms with Crippen LogP contribution in [0.4, 0.5) is 0 Å². The summed E-state index contributed by atoms with van der Waals surface area (Å²) in [6.07, 6.45) is 1.88. The Bertz CT molecular complexity index is 2130. The van der Waals surface area contributed by atoms with Gasteiger partial charge in [0.05, 0.1) is 27.8 Å². The molecule has 0 fully saturated rings. The summed E-state index contributed by atoms with van der Waals surface area (Å²) in [6, 6.07) is 30.0. The number of aromatic nitrogens is 4. The maximum atomic E-state index is 10.9. The standard InChI is InChI=1S/C37H33N4O.Pt/c1-36(2,3)22-18-28(39-33(19-22)41-30-15-9-7-12-23(30)24-13-8-10-16-31(24)41)29-20-26(37(4,5)6)25-21-38-27-14-11-17-32(42)34(27)35(25)40-29;/h7-15,17-21,42H,1-6H3;/q-1;. The summed E-state index contributed by atoms with van der Waals surface area (Å²) in [5.41, 5.74) is 7.01. The van der Waals surface area contributed by atoms with E-state index in [-0.39, 0.29) is 37.6 Å². The average molecular weight is 745 g/mol. The van der Waals surface area contributed by atoms with Crippen LogP contribution in [0.25, 0.3) is 60.8 Å². The van der Waals surface area contributed by atoms with E-state index in [1.54, 1.807) is 6.07 Å². The van der Waals surface area contributed by atoms with Crippen LogP contribution >= 0.6 is 0 Å². The van der Waals surface area contributed by atoms with E-state index >= 15 is 0 Å². The van der Waals surface area contributed by atoms with Crippen molar-refractivity contribution >= 4 is 43.6 Å². The molecule has 6 heteroatoms. The molecule has 0 aliphatic carbocycles. The molecule has 218 valence electrons. The minimum absolute atomic E-state index is 0. The van der Waals surface area contributed by atoms with Gasteiger partial charge in [-0.1, -0.05) is 71.3 Å². The molecule has 4 aromatic heterocycles. The monoisotopic (exact) mass is 744 g/mol. The Kier molecular flexibility index (Phi) is 6.93. The zero-order chi connectivity index (χ0) is 29.4. The molecule has 0 bridgehead atoms. The quantitative estimate of drug-likeness (QED) is 0.142. The van der Waals surface area contributed by atoms with Crippen molar-refractivity contribution in [2.45, 2.75) is 52.4 Å². The number of pyridine rings is 3. The van der Waals surface area contributed by atoms with E-state index in [1.165, 1.54) is 5.39 Å². The van der Waals surface area contributed by atoms with Crippen LogP contribution < -0.4 is 0 Å². The molecule has 0 saturated carbocycles. The number of fused-ring (bicyclic) bond motifs is 6. The van der Waals surface area contributed by atoms with Crippen molar-refractivity contribution in [3.05, 3.63) is 102 Å². The molecule has 43 heavy (non-hydrogen) atoms. The van der Waals surface area contributed by atoms with Crippen molar-refractivity contribution in [2.24, 2.45) is 0 Å². The molecule has 0 radical (unpaired) electrons. The zero-order valence-corrected chi connectivity index (χ0v) is 27.4. The maximum absolute atomic E-state index is 10.9. The molecule has 0 spiro atoms. The van der Waals surface area contributed by atoms with Gasteiger partial charge in [0.25, 0.3) is 0 Å². The molecule has 0 atom stereocenters. The van der Waals surface area contributed by atoms with Crippen LogP contribution in [0.1, 0.15) is 52.7 Å². The number of phenolic OH excluding ortho intramolecular Hbond substituents is 1. The van der Waals surface area contributed by atoms with Crippen molar-refractivity contribution in [3.63, 3.8) is 0 Å². The Balaban J connectivity index is 0.00000329. The van der Waals surface area contributed by atoms with Gasteiger partial charge in [0, 0.05) is 38.2 Å². The molecule has 5 nitrogen and oxygen atoms in total. The predicted octanol–water partition coefficient (Wildman–Crippen LogP) is 9.04. The normalized spacial score (nSPS) is 12.3. The number of hydrogen-bond acceptors (Lipinski definition) is 4. The van der Waals surface area contributed by atoms with E-state index < -0.39 is 0 Å². The molecule has 0 saturated heterocycles. The molecule has 0 unspecified atom stereocenters. The van der Waals surface area contributed by atoms with E-state index in [4.69, 9.17) is 9.97 Å². The number of para-hydroxylation sites is 2. The van der Waals surface area contributed by atoms with Gasteiger partial charge in [-0.3, -0.25) is 4.98 Å². The zero-order valence-electron chi connectivity index (χ0n) is 25.1. The van der Waals surface area contributed by atoms with Crippen LogP contribution in [0.15, 0.2) is 85.1 Å². The number of phenols is 1. The van der Waals surface area contributed by atoms with Gasteiger partial charge in [0.15, 0.2) is 0 Å².